The van der Waals surface area contributed by atoms with Crippen molar-refractivity contribution in [3.05, 3.63) is 41.7 Å². The molecule has 2 rings (SSSR count). The molecule has 2 aromatic rings. The number of thiocarbonyl (C=S) groups is 1. The van der Waals surface area contributed by atoms with E-state index in [0.717, 1.165) is 30.2 Å². The normalized spacial score (nSPS) is 10.4. The molecule has 0 saturated heterocycles. The van der Waals surface area contributed by atoms with Gasteiger partial charge in [0.15, 0.2) is 5.11 Å². The summed E-state index contributed by atoms with van der Waals surface area (Å²) in [5.74, 6) is 0.801. The highest BCUT2D eigenvalue weighted by molar-refractivity contribution is 7.80. The number of aromatic nitrogens is 2. The SMILES string of the molecule is CCn1cc(CN(C)C(=S)Nc2cccc(OC)c2)c(C)n1. The van der Waals surface area contributed by atoms with Crippen molar-refractivity contribution in [3.8, 4) is 5.75 Å². The molecule has 118 valence electrons. The van der Waals surface area contributed by atoms with Gasteiger partial charge < -0.3 is 15.0 Å². The zero-order valence-electron chi connectivity index (χ0n) is 13.5. The van der Waals surface area contributed by atoms with E-state index in [0.29, 0.717) is 5.11 Å². The molecule has 6 heteroatoms. The molecule has 0 amide bonds. The molecule has 1 aromatic carbocycles. The van der Waals surface area contributed by atoms with E-state index >= 15 is 0 Å². The molecular weight excluding hydrogens is 296 g/mol. The van der Waals surface area contributed by atoms with E-state index in [2.05, 4.69) is 23.5 Å². The fourth-order valence-electron chi connectivity index (χ4n) is 2.12. The summed E-state index contributed by atoms with van der Waals surface area (Å²) in [5.41, 5.74) is 3.13. The van der Waals surface area contributed by atoms with Gasteiger partial charge in [-0.05, 0) is 38.2 Å². The highest BCUT2D eigenvalue weighted by Gasteiger charge is 2.10. The topological polar surface area (TPSA) is 42.3 Å². The van der Waals surface area contributed by atoms with Gasteiger partial charge in [0.1, 0.15) is 5.75 Å². The van der Waals surface area contributed by atoms with Crippen molar-refractivity contribution in [1.29, 1.82) is 0 Å². The number of rotatable bonds is 5. The molecule has 0 radical (unpaired) electrons. The smallest absolute Gasteiger partial charge is 0.173 e. The van der Waals surface area contributed by atoms with Gasteiger partial charge in [-0.2, -0.15) is 5.10 Å². The molecule has 1 aromatic heterocycles. The largest absolute Gasteiger partial charge is 0.497 e. The number of nitrogens with one attached hydrogen (secondary N) is 1. The molecule has 5 nitrogen and oxygen atoms in total. The van der Waals surface area contributed by atoms with E-state index in [9.17, 15) is 0 Å². The van der Waals surface area contributed by atoms with E-state index in [1.807, 2.05) is 47.8 Å². The van der Waals surface area contributed by atoms with Crippen LogP contribution in [0.1, 0.15) is 18.2 Å². The fraction of sp³-hybridized carbons (Fsp3) is 0.375. The van der Waals surface area contributed by atoms with Crippen LogP contribution in [-0.2, 0) is 13.1 Å². The van der Waals surface area contributed by atoms with E-state index in [1.165, 1.54) is 5.56 Å². The second-order valence-corrected chi connectivity index (χ2v) is 5.50. The molecular formula is C16H22N4OS. The van der Waals surface area contributed by atoms with Crippen molar-refractivity contribution in [3.63, 3.8) is 0 Å². The van der Waals surface area contributed by atoms with Gasteiger partial charge in [0, 0.05) is 43.7 Å². The van der Waals surface area contributed by atoms with Crippen LogP contribution in [0.3, 0.4) is 0 Å². The highest BCUT2D eigenvalue weighted by atomic mass is 32.1. The summed E-state index contributed by atoms with van der Waals surface area (Å²) >= 11 is 5.46. The maximum Gasteiger partial charge on any atom is 0.173 e. The first-order valence-corrected chi connectivity index (χ1v) is 7.63. The Balaban J connectivity index is 2.00. The maximum absolute atomic E-state index is 5.46. The molecule has 22 heavy (non-hydrogen) atoms. The standard InChI is InChI=1S/C16H22N4OS/c1-5-20-11-13(12(2)18-20)10-19(3)16(22)17-14-7-6-8-15(9-14)21-4/h6-9,11H,5,10H2,1-4H3,(H,17,22). The molecule has 0 unspecified atom stereocenters. The molecule has 0 saturated carbocycles. The Morgan fingerprint density at radius 3 is 2.86 bits per heavy atom. The Morgan fingerprint density at radius 2 is 2.23 bits per heavy atom. The summed E-state index contributed by atoms with van der Waals surface area (Å²) in [6.07, 6.45) is 2.07. The molecule has 0 aliphatic rings. The fourth-order valence-corrected chi connectivity index (χ4v) is 2.31. The summed E-state index contributed by atoms with van der Waals surface area (Å²) in [4.78, 5) is 2.00. The zero-order chi connectivity index (χ0) is 16.1. The van der Waals surface area contributed by atoms with Crippen molar-refractivity contribution in [1.82, 2.24) is 14.7 Å². The first kappa shape index (κ1) is 16.3. The Morgan fingerprint density at radius 1 is 1.45 bits per heavy atom. The highest BCUT2D eigenvalue weighted by Crippen LogP contribution is 2.17. The number of hydrogen-bond acceptors (Lipinski definition) is 3. The Labute approximate surface area is 136 Å². The van der Waals surface area contributed by atoms with E-state index in [4.69, 9.17) is 17.0 Å². The van der Waals surface area contributed by atoms with Crippen LogP contribution >= 0.6 is 12.2 Å². The van der Waals surface area contributed by atoms with Crippen molar-refractivity contribution in [2.75, 3.05) is 19.5 Å². The third-order valence-electron chi connectivity index (χ3n) is 3.45. The number of nitrogens with zero attached hydrogens (tertiary/aromatic N) is 3. The van der Waals surface area contributed by atoms with Crippen LogP contribution in [0.15, 0.2) is 30.5 Å². The summed E-state index contributed by atoms with van der Waals surface area (Å²) in [5, 5.41) is 8.35. The van der Waals surface area contributed by atoms with Gasteiger partial charge in [0.2, 0.25) is 0 Å². The van der Waals surface area contributed by atoms with Crippen LogP contribution in [0.4, 0.5) is 5.69 Å². The Bertz CT molecular complexity index is 653. The summed E-state index contributed by atoms with van der Waals surface area (Å²) in [7, 11) is 3.62. The van der Waals surface area contributed by atoms with Crippen molar-refractivity contribution >= 4 is 23.0 Å². The monoisotopic (exact) mass is 318 g/mol. The minimum absolute atomic E-state index is 0.664. The molecule has 0 atom stereocenters. The molecule has 0 bridgehead atoms. The lowest BCUT2D eigenvalue weighted by molar-refractivity contribution is 0.415. The average molecular weight is 318 g/mol. The number of anilines is 1. The van der Waals surface area contributed by atoms with Gasteiger partial charge >= 0.3 is 0 Å². The van der Waals surface area contributed by atoms with Gasteiger partial charge in [-0.25, -0.2) is 0 Å². The molecule has 0 aliphatic carbocycles. The van der Waals surface area contributed by atoms with Crippen molar-refractivity contribution in [2.45, 2.75) is 26.9 Å². The minimum Gasteiger partial charge on any atom is -0.497 e. The Hall–Kier alpha value is -2.08. The number of aryl methyl sites for hydroxylation is 2. The summed E-state index contributed by atoms with van der Waals surface area (Å²) in [6.45, 7) is 5.70. The summed E-state index contributed by atoms with van der Waals surface area (Å²) in [6, 6.07) is 7.71. The Kier molecular flexibility index (Phi) is 5.38. The molecule has 1 heterocycles. The molecule has 1 N–H and O–H groups in total. The number of ether oxygens (including phenoxy) is 1. The van der Waals surface area contributed by atoms with Gasteiger partial charge in [-0.1, -0.05) is 6.07 Å². The zero-order valence-corrected chi connectivity index (χ0v) is 14.3. The van der Waals surface area contributed by atoms with Gasteiger partial charge in [0.25, 0.3) is 0 Å². The number of methoxy groups -OCH3 is 1. The second-order valence-electron chi connectivity index (χ2n) is 5.11. The van der Waals surface area contributed by atoms with Gasteiger partial charge in [0.05, 0.1) is 12.8 Å². The number of benzene rings is 1. The van der Waals surface area contributed by atoms with Crippen LogP contribution in [0, 0.1) is 6.92 Å². The van der Waals surface area contributed by atoms with Gasteiger partial charge in [-0.15, -0.1) is 0 Å². The second kappa shape index (κ2) is 7.26. The molecule has 0 spiro atoms. The lowest BCUT2D eigenvalue weighted by atomic mass is 10.2. The van der Waals surface area contributed by atoms with Crippen LogP contribution in [0.25, 0.3) is 0 Å². The lowest BCUT2D eigenvalue weighted by Crippen LogP contribution is -2.30. The maximum atomic E-state index is 5.46. The van der Waals surface area contributed by atoms with Crippen LogP contribution < -0.4 is 10.1 Å². The van der Waals surface area contributed by atoms with E-state index in [-0.39, 0.29) is 0 Å². The predicted octanol–water partition coefficient (Wildman–Crippen LogP) is 3.05. The summed E-state index contributed by atoms with van der Waals surface area (Å²) < 4.78 is 7.16. The van der Waals surface area contributed by atoms with Crippen molar-refractivity contribution < 1.29 is 4.74 Å². The molecule has 0 fully saturated rings. The first-order chi connectivity index (χ1) is 10.5. The minimum atomic E-state index is 0.664. The van der Waals surface area contributed by atoms with Crippen LogP contribution in [0.5, 0.6) is 5.75 Å². The molecule has 0 aliphatic heterocycles. The van der Waals surface area contributed by atoms with Crippen LogP contribution in [-0.4, -0.2) is 34.0 Å². The first-order valence-electron chi connectivity index (χ1n) is 7.22. The van der Waals surface area contributed by atoms with E-state index in [1.54, 1.807) is 7.11 Å². The third-order valence-corrected chi connectivity index (χ3v) is 3.86. The average Bonchev–Trinajstić information content (AvgIpc) is 2.87. The number of hydrogen-bond donors (Lipinski definition) is 1. The van der Waals surface area contributed by atoms with E-state index < -0.39 is 0 Å². The van der Waals surface area contributed by atoms with Gasteiger partial charge in [-0.3, -0.25) is 4.68 Å². The van der Waals surface area contributed by atoms with Crippen LogP contribution in [0.2, 0.25) is 0 Å². The quantitative estimate of drug-likeness (QED) is 0.858. The van der Waals surface area contributed by atoms with Crippen molar-refractivity contribution in [2.24, 2.45) is 0 Å². The lowest BCUT2D eigenvalue weighted by Gasteiger charge is -2.21. The third kappa shape index (κ3) is 3.98. The predicted molar refractivity (Wildman–Crippen MR) is 93.3 cm³/mol.